The summed E-state index contributed by atoms with van der Waals surface area (Å²) in [4.78, 5) is 15.2. The fraction of sp³-hybridized carbons (Fsp3) is 0.435. The van der Waals surface area contributed by atoms with Crippen molar-refractivity contribution in [3.8, 4) is 0 Å². The number of rotatable bonds is 9. The summed E-state index contributed by atoms with van der Waals surface area (Å²) in [5.74, 6) is 1.91. The number of anilines is 2. The molecule has 2 heterocycles. The molecular weight excluding hydrogens is 362 g/mol. The number of fused-ring (bicyclic) bond motifs is 1. The molecule has 0 amide bonds. The standard InChI is InChI=1S/C23H31N5O/c1-6-11-20-26-21-22(28(20)14-10-15-29-27-16(2)3)17(4)18(5)24-23(21)25-19-12-8-7-9-13-19/h7-9,12-13H,6,10-11,14-15H2,1-5H3,(H,24,25). The topological polar surface area (TPSA) is 64.3 Å². The van der Waals surface area contributed by atoms with E-state index in [0.29, 0.717) is 6.61 Å². The van der Waals surface area contributed by atoms with E-state index in [1.54, 1.807) is 0 Å². The first-order chi connectivity index (χ1) is 14.0. The molecule has 3 aromatic rings. The fourth-order valence-electron chi connectivity index (χ4n) is 3.38. The highest BCUT2D eigenvalue weighted by atomic mass is 16.6. The van der Waals surface area contributed by atoms with E-state index >= 15 is 0 Å². The van der Waals surface area contributed by atoms with E-state index in [9.17, 15) is 0 Å². The summed E-state index contributed by atoms with van der Waals surface area (Å²) >= 11 is 0. The third-order valence-corrected chi connectivity index (χ3v) is 4.82. The van der Waals surface area contributed by atoms with Gasteiger partial charge in [0.2, 0.25) is 0 Å². The van der Waals surface area contributed by atoms with Crippen molar-refractivity contribution in [2.45, 2.75) is 60.4 Å². The van der Waals surface area contributed by atoms with Crippen molar-refractivity contribution >= 4 is 28.3 Å². The lowest BCUT2D eigenvalue weighted by molar-refractivity contribution is 0.138. The van der Waals surface area contributed by atoms with Gasteiger partial charge in [0, 0.05) is 30.8 Å². The highest BCUT2D eigenvalue weighted by Crippen LogP contribution is 2.30. The lowest BCUT2D eigenvalue weighted by Crippen LogP contribution is -2.07. The molecule has 0 radical (unpaired) electrons. The molecule has 0 atom stereocenters. The van der Waals surface area contributed by atoms with Crippen LogP contribution in [0.4, 0.5) is 11.5 Å². The van der Waals surface area contributed by atoms with Gasteiger partial charge in [-0.15, -0.1) is 0 Å². The Labute approximate surface area is 173 Å². The number of oxime groups is 1. The van der Waals surface area contributed by atoms with Crippen LogP contribution >= 0.6 is 0 Å². The molecule has 1 aromatic carbocycles. The molecule has 0 unspecified atom stereocenters. The van der Waals surface area contributed by atoms with Crippen molar-refractivity contribution in [1.82, 2.24) is 14.5 Å². The van der Waals surface area contributed by atoms with E-state index < -0.39 is 0 Å². The van der Waals surface area contributed by atoms with Gasteiger partial charge in [-0.1, -0.05) is 30.3 Å². The second kappa shape index (κ2) is 9.54. The normalized spacial score (nSPS) is 10.9. The minimum atomic E-state index is 0.592. The van der Waals surface area contributed by atoms with E-state index in [0.717, 1.165) is 65.6 Å². The summed E-state index contributed by atoms with van der Waals surface area (Å²) in [5.41, 5.74) is 6.23. The van der Waals surface area contributed by atoms with Gasteiger partial charge in [0.25, 0.3) is 0 Å². The van der Waals surface area contributed by atoms with Crippen molar-refractivity contribution in [3.05, 3.63) is 47.4 Å². The molecule has 0 bridgehead atoms. The number of hydrogen-bond acceptors (Lipinski definition) is 5. The number of pyridine rings is 1. The van der Waals surface area contributed by atoms with Crippen LogP contribution in [0.15, 0.2) is 35.5 Å². The molecular formula is C23H31N5O. The molecule has 0 saturated carbocycles. The predicted molar refractivity (Wildman–Crippen MR) is 120 cm³/mol. The smallest absolute Gasteiger partial charge is 0.158 e. The Morgan fingerprint density at radius 3 is 2.59 bits per heavy atom. The lowest BCUT2D eigenvalue weighted by atomic mass is 10.2. The van der Waals surface area contributed by atoms with E-state index in [4.69, 9.17) is 14.8 Å². The third-order valence-electron chi connectivity index (χ3n) is 4.82. The molecule has 2 aromatic heterocycles. The molecule has 0 fully saturated rings. The molecule has 1 N–H and O–H groups in total. The first-order valence-corrected chi connectivity index (χ1v) is 10.3. The minimum absolute atomic E-state index is 0.592. The van der Waals surface area contributed by atoms with Gasteiger partial charge in [-0.3, -0.25) is 0 Å². The maximum absolute atomic E-state index is 5.39. The number of benzene rings is 1. The van der Waals surface area contributed by atoms with E-state index in [1.807, 2.05) is 44.2 Å². The molecule has 0 aliphatic heterocycles. The number of aryl methyl sites for hydroxylation is 4. The van der Waals surface area contributed by atoms with Crippen LogP contribution in [0.1, 0.15) is 50.7 Å². The second-order valence-electron chi connectivity index (χ2n) is 7.51. The van der Waals surface area contributed by atoms with Crippen molar-refractivity contribution in [2.24, 2.45) is 5.16 Å². The maximum atomic E-state index is 5.39. The Morgan fingerprint density at radius 2 is 1.90 bits per heavy atom. The average Bonchev–Trinajstić information content (AvgIpc) is 3.05. The lowest BCUT2D eigenvalue weighted by Gasteiger charge is -2.13. The van der Waals surface area contributed by atoms with Gasteiger partial charge < -0.3 is 14.7 Å². The first kappa shape index (κ1) is 20.8. The van der Waals surface area contributed by atoms with Gasteiger partial charge >= 0.3 is 0 Å². The highest BCUT2D eigenvalue weighted by Gasteiger charge is 2.18. The Balaban J connectivity index is 1.98. The van der Waals surface area contributed by atoms with Crippen LogP contribution in [-0.2, 0) is 17.8 Å². The number of nitrogens with zero attached hydrogens (tertiary/aromatic N) is 4. The van der Waals surface area contributed by atoms with Crippen molar-refractivity contribution < 1.29 is 4.84 Å². The van der Waals surface area contributed by atoms with E-state index in [-0.39, 0.29) is 0 Å². The van der Waals surface area contributed by atoms with Gasteiger partial charge in [-0.05, 0) is 51.8 Å². The van der Waals surface area contributed by atoms with Gasteiger partial charge in [0.1, 0.15) is 17.9 Å². The van der Waals surface area contributed by atoms with Crippen LogP contribution in [0, 0.1) is 13.8 Å². The van der Waals surface area contributed by atoms with Crippen molar-refractivity contribution in [1.29, 1.82) is 0 Å². The van der Waals surface area contributed by atoms with Crippen LogP contribution in [-0.4, -0.2) is 26.9 Å². The zero-order chi connectivity index (χ0) is 20.8. The van der Waals surface area contributed by atoms with Crippen LogP contribution in [0.5, 0.6) is 0 Å². The third kappa shape index (κ3) is 4.94. The molecule has 29 heavy (non-hydrogen) atoms. The summed E-state index contributed by atoms with van der Waals surface area (Å²) in [6, 6.07) is 10.1. The maximum Gasteiger partial charge on any atom is 0.158 e. The number of para-hydroxylation sites is 1. The van der Waals surface area contributed by atoms with Crippen LogP contribution < -0.4 is 5.32 Å². The zero-order valence-electron chi connectivity index (χ0n) is 18.1. The summed E-state index contributed by atoms with van der Waals surface area (Å²) in [6.07, 6.45) is 2.86. The van der Waals surface area contributed by atoms with Gasteiger partial charge in [-0.25, -0.2) is 9.97 Å². The molecule has 0 spiro atoms. The summed E-state index contributed by atoms with van der Waals surface area (Å²) < 4.78 is 2.34. The van der Waals surface area contributed by atoms with Crippen LogP contribution in [0.3, 0.4) is 0 Å². The molecule has 6 heteroatoms. The SMILES string of the molecule is CCCc1nc2c(Nc3ccccc3)nc(C)c(C)c2n1CCCON=C(C)C. The Kier molecular flexibility index (Phi) is 6.86. The minimum Gasteiger partial charge on any atom is -0.396 e. The number of imidazole rings is 1. The Morgan fingerprint density at radius 1 is 1.14 bits per heavy atom. The van der Waals surface area contributed by atoms with E-state index in [2.05, 4.69) is 35.8 Å². The molecule has 0 aliphatic rings. The molecule has 6 nitrogen and oxygen atoms in total. The fourth-order valence-corrected chi connectivity index (χ4v) is 3.38. The summed E-state index contributed by atoms with van der Waals surface area (Å²) in [7, 11) is 0. The van der Waals surface area contributed by atoms with Gasteiger partial charge in [0.15, 0.2) is 5.82 Å². The highest BCUT2D eigenvalue weighted by molar-refractivity contribution is 5.91. The largest absolute Gasteiger partial charge is 0.396 e. The van der Waals surface area contributed by atoms with Crippen molar-refractivity contribution in [2.75, 3.05) is 11.9 Å². The Bertz CT molecular complexity index is 988. The molecule has 0 aliphatic carbocycles. The molecule has 3 rings (SSSR count). The predicted octanol–water partition coefficient (Wildman–Crippen LogP) is 5.55. The van der Waals surface area contributed by atoms with Crippen molar-refractivity contribution in [3.63, 3.8) is 0 Å². The Hall–Kier alpha value is -2.89. The average molecular weight is 394 g/mol. The van der Waals surface area contributed by atoms with Crippen LogP contribution in [0.25, 0.3) is 11.0 Å². The quantitative estimate of drug-likeness (QED) is 0.294. The number of aromatic nitrogens is 3. The zero-order valence-corrected chi connectivity index (χ0v) is 18.1. The van der Waals surface area contributed by atoms with Gasteiger partial charge in [0.05, 0.1) is 11.2 Å². The summed E-state index contributed by atoms with van der Waals surface area (Å²) in [5, 5.41) is 7.49. The first-order valence-electron chi connectivity index (χ1n) is 10.3. The summed E-state index contributed by atoms with van der Waals surface area (Å²) in [6.45, 7) is 11.7. The van der Waals surface area contributed by atoms with Gasteiger partial charge in [-0.2, -0.15) is 0 Å². The second-order valence-corrected chi connectivity index (χ2v) is 7.51. The molecule has 0 saturated heterocycles. The van der Waals surface area contributed by atoms with Crippen LogP contribution in [0.2, 0.25) is 0 Å². The number of nitrogens with one attached hydrogen (secondary N) is 1. The molecule has 154 valence electrons. The monoisotopic (exact) mass is 393 g/mol. The number of hydrogen-bond donors (Lipinski definition) is 1. The van der Waals surface area contributed by atoms with E-state index in [1.165, 1.54) is 5.56 Å².